The Hall–Kier alpha value is -1.41. The molecular weight excluding hydrogens is 216 g/mol. The maximum Gasteiger partial charge on any atom is 0.261 e. The van der Waals surface area contributed by atoms with Gasteiger partial charge in [-0.05, 0) is 18.8 Å². The molecule has 1 heterocycles. The van der Waals surface area contributed by atoms with Crippen molar-refractivity contribution < 1.29 is 4.79 Å². The maximum atomic E-state index is 12.1. The van der Waals surface area contributed by atoms with Gasteiger partial charge in [0, 0.05) is 12.6 Å². The fourth-order valence-electron chi connectivity index (χ4n) is 2.58. The highest BCUT2D eigenvalue weighted by Crippen LogP contribution is 2.27. The normalized spacial score (nSPS) is 26.8. The molecule has 1 fully saturated rings. The van der Waals surface area contributed by atoms with E-state index in [1.807, 2.05) is 0 Å². The predicted octanol–water partition coefficient (Wildman–Crippen LogP) is 1.00. The Morgan fingerprint density at radius 1 is 1.47 bits per heavy atom. The molecule has 0 aromatic heterocycles. The van der Waals surface area contributed by atoms with Crippen molar-refractivity contribution in [2.75, 3.05) is 0 Å². The molecule has 17 heavy (non-hydrogen) atoms. The van der Waals surface area contributed by atoms with Gasteiger partial charge in [0.25, 0.3) is 5.91 Å². The van der Waals surface area contributed by atoms with Crippen LogP contribution in [-0.2, 0) is 4.79 Å². The Kier molecular flexibility index (Phi) is 3.75. The molecule has 0 bridgehead atoms. The number of rotatable bonds is 2. The number of hydrogen-bond donors (Lipinski definition) is 1. The molecule has 0 spiro atoms. The molecule has 2 aliphatic rings. The number of nitriles is 1. The van der Waals surface area contributed by atoms with E-state index in [9.17, 15) is 4.79 Å². The molecule has 0 unspecified atom stereocenters. The predicted molar refractivity (Wildman–Crippen MR) is 63.9 cm³/mol. The maximum absolute atomic E-state index is 12.1. The summed E-state index contributed by atoms with van der Waals surface area (Å²) < 4.78 is 0. The molecule has 2 atom stereocenters. The summed E-state index contributed by atoms with van der Waals surface area (Å²) in [6.45, 7) is 0. The van der Waals surface area contributed by atoms with Crippen LogP contribution in [0.2, 0.25) is 0 Å². The second-order valence-corrected chi connectivity index (χ2v) is 4.79. The van der Waals surface area contributed by atoms with Crippen molar-refractivity contribution >= 4 is 12.1 Å². The zero-order valence-corrected chi connectivity index (χ0v) is 9.88. The average molecular weight is 234 g/mol. The highest BCUT2D eigenvalue weighted by atomic mass is 16.2. The first-order chi connectivity index (χ1) is 8.24. The molecule has 1 saturated carbocycles. The molecule has 5 nitrogen and oxygen atoms in total. The minimum Gasteiger partial charge on any atom is -0.320 e. The topological polar surface area (TPSA) is 82.5 Å². The van der Waals surface area contributed by atoms with E-state index in [0.29, 0.717) is 6.42 Å². The van der Waals surface area contributed by atoms with Crippen LogP contribution in [-0.4, -0.2) is 29.2 Å². The fraction of sp³-hybridized carbons (Fsp3) is 0.750. The lowest BCUT2D eigenvalue weighted by molar-refractivity contribution is -0.134. The highest BCUT2D eigenvalue weighted by molar-refractivity contribution is 5.84. The third kappa shape index (κ3) is 2.47. The summed E-state index contributed by atoms with van der Waals surface area (Å²) in [5.74, 6) is 0.0589. The smallest absolute Gasteiger partial charge is 0.261 e. The van der Waals surface area contributed by atoms with Gasteiger partial charge in [-0.3, -0.25) is 4.79 Å². The van der Waals surface area contributed by atoms with Crippen molar-refractivity contribution in [2.24, 2.45) is 16.8 Å². The third-order valence-electron chi connectivity index (χ3n) is 3.65. The molecule has 2 N–H and O–H groups in total. The van der Waals surface area contributed by atoms with E-state index in [2.05, 4.69) is 11.2 Å². The Morgan fingerprint density at radius 2 is 2.18 bits per heavy atom. The summed E-state index contributed by atoms with van der Waals surface area (Å²) in [7, 11) is 0. The van der Waals surface area contributed by atoms with Crippen molar-refractivity contribution in [3.05, 3.63) is 0 Å². The van der Waals surface area contributed by atoms with Crippen LogP contribution in [0.1, 0.15) is 38.5 Å². The molecule has 1 aliphatic carbocycles. The lowest BCUT2D eigenvalue weighted by atomic mass is 9.84. The van der Waals surface area contributed by atoms with Crippen molar-refractivity contribution in [3.8, 4) is 6.07 Å². The summed E-state index contributed by atoms with van der Waals surface area (Å²) in [6.07, 6.45) is 7.69. The Balaban J connectivity index is 1.99. The number of amides is 1. The second kappa shape index (κ2) is 5.28. The Bertz CT molecular complexity index is 354. The van der Waals surface area contributed by atoms with E-state index in [1.54, 1.807) is 6.21 Å². The minimum absolute atomic E-state index is 0.197. The molecule has 1 amide bonds. The van der Waals surface area contributed by atoms with Gasteiger partial charge in [-0.2, -0.15) is 10.4 Å². The second-order valence-electron chi connectivity index (χ2n) is 4.79. The van der Waals surface area contributed by atoms with Crippen LogP contribution >= 0.6 is 0 Å². The summed E-state index contributed by atoms with van der Waals surface area (Å²) in [5.41, 5.74) is 6.01. The summed E-state index contributed by atoms with van der Waals surface area (Å²) in [6, 6.07) is 1.12. The average Bonchev–Trinajstić information content (AvgIpc) is 2.86. The first kappa shape index (κ1) is 12.1. The van der Waals surface area contributed by atoms with E-state index < -0.39 is 12.1 Å². The van der Waals surface area contributed by atoms with Crippen LogP contribution in [0, 0.1) is 17.2 Å². The van der Waals surface area contributed by atoms with Crippen LogP contribution in [0.15, 0.2) is 5.10 Å². The zero-order valence-electron chi connectivity index (χ0n) is 9.88. The molecule has 1 aliphatic heterocycles. The molecule has 0 saturated heterocycles. The van der Waals surface area contributed by atoms with Gasteiger partial charge in [0.05, 0.1) is 12.1 Å². The lowest BCUT2D eigenvalue weighted by Crippen LogP contribution is -2.48. The van der Waals surface area contributed by atoms with Gasteiger partial charge in [-0.1, -0.05) is 19.3 Å². The molecule has 0 aromatic carbocycles. The van der Waals surface area contributed by atoms with Gasteiger partial charge in [-0.25, -0.2) is 5.01 Å². The van der Waals surface area contributed by atoms with E-state index >= 15 is 0 Å². The lowest BCUT2D eigenvalue weighted by Gasteiger charge is -2.29. The first-order valence-electron chi connectivity index (χ1n) is 6.24. The van der Waals surface area contributed by atoms with E-state index in [1.165, 1.54) is 11.4 Å². The quantitative estimate of drug-likeness (QED) is 0.773. The number of carbonyl (C=O) groups excluding carboxylic acids is 1. The van der Waals surface area contributed by atoms with Gasteiger partial charge in [0.2, 0.25) is 0 Å². The zero-order chi connectivity index (χ0) is 12.3. The van der Waals surface area contributed by atoms with Gasteiger partial charge < -0.3 is 5.73 Å². The van der Waals surface area contributed by atoms with Crippen molar-refractivity contribution in [2.45, 2.75) is 50.6 Å². The summed E-state index contributed by atoms with van der Waals surface area (Å²) in [4.78, 5) is 12.1. The van der Waals surface area contributed by atoms with Crippen LogP contribution in [0.5, 0.6) is 0 Å². The first-order valence-corrected chi connectivity index (χ1v) is 6.24. The van der Waals surface area contributed by atoms with E-state index in [-0.39, 0.29) is 11.8 Å². The number of nitrogens with zero attached hydrogens (tertiary/aromatic N) is 3. The minimum atomic E-state index is -0.499. The molecule has 0 radical (unpaired) electrons. The molecule has 5 heteroatoms. The molecule has 92 valence electrons. The molecule has 2 rings (SSSR count). The standard InChI is InChI=1S/C12H18N4O/c13-8-10-6-7-15-16(10)12(17)11(14)9-4-2-1-3-5-9/h7,9-11H,1-6,14H2/t10-,11+/m1/s1. The SMILES string of the molecule is N#C[C@H]1CC=NN1C(=O)[C@@H](N)C1CCCCC1. The van der Waals surface area contributed by atoms with Crippen molar-refractivity contribution in [1.82, 2.24) is 5.01 Å². The monoisotopic (exact) mass is 234 g/mol. The fourth-order valence-corrected chi connectivity index (χ4v) is 2.58. The third-order valence-corrected chi connectivity index (χ3v) is 3.65. The van der Waals surface area contributed by atoms with Crippen LogP contribution in [0.3, 0.4) is 0 Å². The Morgan fingerprint density at radius 3 is 2.82 bits per heavy atom. The van der Waals surface area contributed by atoms with Crippen LogP contribution < -0.4 is 5.73 Å². The Labute approximate surface area is 101 Å². The number of hydrazone groups is 1. The van der Waals surface area contributed by atoms with Gasteiger partial charge >= 0.3 is 0 Å². The van der Waals surface area contributed by atoms with Crippen LogP contribution in [0.25, 0.3) is 0 Å². The molecule has 0 aromatic rings. The van der Waals surface area contributed by atoms with Gasteiger partial charge in [-0.15, -0.1) is 0 Å². The molecular formula is C12H18N4O. The number of hydrogen-bond acceptors (Lipinski definition) is 4. The van der Waals surface area contributed by atoms with E-state index in [0.717, 1.165) is 25.7 Å². The summed E-state index contributed by atoms with van der Waals surface area (Å²) in [5, 5.41) is 14.1. The van der Waals surface area contributed by atoms with Crippen LogP contribution in [0.4, 0.5) is 0 Å². The summed E-state index contributed by atoms with van der Waals surface area (Å²) >= 11 is 0. The number of carbonyl (C=O) groups is 1. The largest absolute Gasteiger partial charge is 0.320 e. The van der Waals surface area contributed by atoms with Gasteiger partial charge in [0.1, 0.15) is 6.04 Å². The van der Waals surface area contributed by atoms with Crippen molar-refractivity contribution in [3.63, 3.8) is 0 Å². The van der Waals surface area contributed by atoms with Crippen molar-refractivity contribution in [1.29, 1.82) is 5.26 Å². The van der Waals surface area contributed by atoms with E-state index in [4.69, 9.17) is 11.0 Å². The highest BCUT2D eigenvalue weighted by Gasteiger charge is 2.34. The van der Waals surface area contributed by atoms with Gasteiger partial charge in [0.15, 0.2) is 0 Å². The number of nitrogens with two attached hydrogens (primary N) is 1.